The average molecular weight is 373 g/mol. The maximum Gasteiger partial charge on any atom is 0.134 e. The lowest BCUT2D eigenvalue weighted by Crippen LogP contribution is -2.53. The van der Waals surface area contributed by atoms with E-state index in [2.05, 4.69) is 38.9 Å². The molecule has 0 bridgehead atoms. The quantitative estimate of drug-likeness (QED) is 0.778. The van der Waals surface area contributed by atoms with Gasteiger partial charge in [-0.05, 0) is 38.0 Å². The minimum atomic E-state index is -0.218. The summed E-state index contributed by atoms with van der Waals surface area (Å²) in [5, 5.41) is 12.8. The summed E-state index contributed by atoms with van der Waals surface area (Å²) in [7, 11) is 0. The van der Waals surface area contributed by atoms with E-state index in [-0.39, 0.29) is 18.5 Å². The molecule has 0 saturated carbocycles. The van der Waals surface area contributed by atoms with Crippen molar-refractivity contribution in [1.82, 2.24) is 14.9 Å². The molecule has 0 spiro atoms. The Morgan fingerprint density at radius 3 is 2.70 bits per heavy atom. The first-order valence-electron chi connectivity index (χ1n) is 9.48. The minimum absolute atomic E-state index is 0.141. The summed E-state index contributed by atoms with van der Waals surface area (Å²) < 4.78 is 13.1. The molecule has 1 saturated heterocycles. The standard InChI is InChI=1S/C20H28FN5O/c1-15(2)24-19-11-20(23-14-22-19)26-9-8-25(18(13-26)7-10-27)12-16-3-5-17(21)6-4-16/h3-6,11,14-15,18,27H,7-10,12-13H2,1-2H3,(H,22,23,24). The fraction of sp³-hybridized carbons (Fsp3) is 0.500. The zero-order valence-electron chi connectivity index (χ0n) is 16.0. The summed E-state index contributed by atoms with van der Waals surface area (Å²) in [4.78, 5) is 13.3. The highest BCUT2D eigenvalue weighted by molar-refractivity contribution is 5.49. The Morgan fingerprint density at radius 1 is 1.22 bits per heavy atom. The predicted octanol–water partition coefficient (Wildman–Crippen LogP) is 2.51. The van der Waals surface area contributed by atoms with Crippen LogP contribution in [0.25, 0.3) is 0 Å². The van der Waals surface area contributed by atoms with Crippen molar-refractivity contribution in [3.8, 4) is 0 Å². The maximum atomic E-state index is 13.1. The summed E-state index contributed by atoms with van der Waals surface area (Å²) in [5.41, 5.74) is 1.08. The second-order valence-corrected chi connectivity index (χ2v) is 7.27. The molecule has 7 heteroatoms. The number of aliphatic hydroxyl groups excluding tert-OH is 1. The minimum Gasteiger partial charge on any atom is -0.396 e. The van der Waals surface area contributed by atoms with Gasteiger partial charge in [0, 0.05) is 50.9 Å². The average Bonchev–Trinajstić information content (AvgIpc) is 2.65. The number of benzene rings is 1. The molecule has 27 heavy (non-hydrogen) atoms. The van der Waals surface area contributed by atoms with Crippen molar-refractivity contribution >= 4 is 11.6 Å². The molecule has 2 N–H and O–H groups in total. The highest BCUT2D eigenvalue weighted by Gasteiger charge is 2.27. The molecule has 1 unspecified atom stereocenters. The van der Waals surface area contributed by atoms with Crippen molar-refractivity contribution in [3.63, 3.8) is 0 Å². The normalized spacial score (nSPS) is 18.1. The lowest BCUT2D eigenvalue weighted by Gasteiger charge is -2.42. The fourth-order valence-electron chi connectivity index (χ4n) is 3.45. The Balaban J connectivity index is 1.69. The first-order chi connectivity index (χ1) is 13.0. The number of hydrogen-bond acceptors (Lipinski definition) is 6. The fourth-order valence-corrected chi connectivity index (χ4v) is 3.45. The molecule has 3 rings (SSSR count). The Kier molecular flexibility index (Phi) is 6.58. The number of nitrogens with zero attached hydrogens (tertiary/aromatic N) is 4. The van der Waals surface area contributed by atoms with Crippen LogP contribution in [0.2, 0.25) is 0 Å². The van der Waals surface area contributed by atoms with E-state index < -0.39 is 0 Å². The van der Waals surface area contributed by atoms with Gasteiger partial charge in [0.2, 0.25) is 0 Å². The Hall–Kier alpha value is -2.25. The monoisotopic (exact) mass is 373 g/mol. The summed E-state index contributed by atoms with van der Waals surface area (Å²) in [6.45, 7) is 7.55. The number of rotatable bonds is 7. The molecule has 2 heterocycles. The van der Waals surface area contributed by atoms with Crippen LogP contribution >= 0.6 is 0 Å². The Morgan fingerprint density at radius 2 is 2.00 bits per heavy atom. The lowest BCUT2D eigenvalue weighted by atomic mass is 10.1. The number of aliphatic hydroxyl groups is 1. The largest absolute Gasteiger partial charge is 0.396 e. The molecule has 2 aromatic rings. The van der Waals surface area contributed by atoms with Gasteiger partial charge < -0.3 is 15.3 Å². The number of anilines is 2. The van der Waals surface area contributed by atoms with Crippen LogP contribution in [0.3, 0.4) is 0 Å². The zero-order valence-corrected chi connectivity index (χ0v) is 16.0. The maximum absolute atomic E-state index is 13.1. The van der Waals surface area contributed by atoms with Gasteiger partial charge in [0.1, 0.15) is 23.8 Å². The van der Waals surface area contributed by atoms with Crippen LogP contribution in [0.4, 0.5) is 16.0 Å². The molecule has 1 aliphatic heterocycles. The van der Waals surface area contributed by atoms with Gasteiger partial charge in [0.25, 0.3) is 0 Å². The second kappa shape index (κ2) is 9.10. The van der Waals surface area contributed by atoms with E-state index in [1.54, 1.807) is 6.33 Å². The van der Waals surface area contributed by atoms with Gasteiger partial charge in [-0.2, -0.15) is 0 Å². The van der Waals surface area contributed by atoms with Crippen LogP contribution in [0.1, 0.15) is 25.8 Å². The summed E-state index contributed by atoms with van der Waals surface area (Å²) in [6.07, 6.45) is 2.28. The number of aromatic nitrogens is 2. The molecule has 6 nitrogen and oxygen atoms in total. The van der Waals surface area contributed by atoms with Gasteiger partial charge in [-0.15, -0.1) is 0 Å². The third-order valence-electron chi connectivity index (χ3n) is 4.78. The molecule has 1 aliphatic rings. The van der Waals surface area contributed by atoms with E-state index in [4.69, 9.17) is 0 Å². The molecular weight excluding hydrogens is 345 g/mol. The molecule has 0 amide bonds. The van der Waals surface area contributed by atoms with Crippen molar-refractivity contribution < 1.29 is 9.50 Å². The highest BCUT2D eigenvalue weighted by atomic mass is 19.1. The van der Waals surface area contributed by atoms with E-state index in [9.17, 15) is 9.50 Å². The van der Waals surface area contributed by atoms with E-state index in [1.807, 2.05) is 18.2 Å². The summed E-state index contributed by atoms with van der Waals surface area (Å²) >= 11 is 0. The molecule has 1 atom stereocenters. The van der Waals surface area contributed by atoms with Gasteiger partial charge >= 0.3 is 0 Å². The lowest BCUT2D eigenvalue weighted by molar-refractivity contribution is 0.135. The van der Waals surface area contributed by atoms with Crippen LogP contribution in [0.5, 0.6) is 0 Å². The summed E-state index contributed by atoms with van der Waals surface area (Å²) in [6, 6.07) is 9.14. The van der Waals surface area contributed by atoms with Crippen LogP contribution < -0.4 is 10.2 Å². The number of halogens is 1. The van der Waals surface area contributed by atoms with E-state index in [0.717, 1.165) is 43.4 Å². The zero-order chi connectivity index (χ0) is 19.2. The van der Waals surface area contributed by atoms with Crippen LogP contribution in [-0.2, 0) is 6.54 Å². The van der Waals surface area contributed by atoms with Gasteiger partial charge in [0.15, 0.2) is 0 Å². The van der Waals surface area contributed by atoms with Gasteiger partial charge in [-0.3, -0.25) is 4.90 Å². The third-order valence-corrected chi connectivity index (χ3v) is 4.78. The number of hydrogen-bond donors (Lipinski definition) is 2. The predicted molar refractivity (Wildman–Crippen MR) is 105 cm³/mol. The number of piperazine rings is 1. The first-order valence-corrected chi connectivity index (χ1v) is 9.48. The van der Waals surface area contributed by atoms with E-state index in [0.29, 0.717) is 12.5 Å². The smallest absolute Gasteiger partial charge is 0.134 e. The van der Waals surface area contributed by atoms with E-state index in [1.165, 1.54) is 12.1 Å². The molecule has 0 aliphatic carbocycles. The molecular formula is C20H28FN5O. The summed E-state index contributed by atoms with van der Waals surface area (Å²) in [5.74, 6) is 1.50. The Bertz CT molecular complexity index is 725. The van der Waals surface area contributed by atoms with Crippen molar-refractivity contribution in [3.05, 3.63) is 48.0 Å². The first kappa shape index (κ1) is 19.5. The third kappa shape index (κ3) is 5.37. The van der Waals surface area contributed by atoms with Gasteiger partial charge in [-0.1, -0.05) is 12.1 Å². The van der Waals surface area contributed by atoms with Gasteiger partial charge in [-0.25, -0.2) is 14.4 Å². The molecule has 1 fully saturated rings. The van der Waals surface area contributed by atoms with Crippen LogP contribution in [-0.4, -0.2) is 58.3 Å². The molecule has 0 radical (unpaired) electrons. The van der Waals surface area contributed by atoms with E-state index >= 15 is 0 Å². The van der Waals surface area contributed by atoms with Crippen molar-refractivity contribution in [2.45, 2.75) is 38.9 Å². The molecule has 146 valence electrons. The highest BCUT2D eigenvalue weighted by Crippen LogP contribution is 2.22. The number of nitrogens with one attached hydrogen (secondary N) is 1. The van der Waals surface area contributed by atoms with Crippen molar-refractivity contribution in [2.75, 3.05) is 36.5 Å². The second-order valence-electron chi connectivity index (χ2n) is 7.27. The molecule has 1 aromatic heterocycles. The topological polar surface area (TPSA) is 64.5 Å². The van der Waals surface area contributed by atoms with Crippen LogP contribution in [0, 0.1) is 5.82 Å². The van der Waals surface area contributed by atoms with Gasteiger partial charge in [0.05, 0.1) is 0 Å². The molecule has 1 aromatic carbocycles. The van der Waals surface area contributed by atoms with Crippen LogP contribution in [0.15, 0.2) is 36.7 Å². The van der Waals surface area contributed by atoms with Crippen molar-refractivity contribution in [1.29, 1.82) is 0 Å². The SMILES string of the molecule is CC(C)Nc1cc(N2CCN(Cc3ccc(F)cc3)C(CCO)C2)ncn1. The Labute approximate surface area is 160 Å². The van der Waals surface area contributed by atoms with Crippen molar-refractivity contribution in [2.24, 2.45) is 0 Å².